The smallest absolute Gasteiger partial charge is 0.254 e. The second kappa shape index (κ2) is 9.38. The Morgan fingerprint density at radius 1 is 1.36 bits per heavy atom. The molecule has 1 aromatic carbocycles. The molecule has 2 atom stereocenters. The van der Waals surface area contributed by atoms with Crippen LogP contribution in [0.2, 0.25) is 10.0 Å². The summed E-state index contributed by atoms with van der Waals surface area (Å²) in [6.07, 6.45) is 1.13. The number of likely N-dealkylation sites (tertiary alicyclic amines) is 1. The molecular weight excluding hydrogens is 367 g/mol. The summed E-state index contributed by atoms with van der Waals surface area (Å²) in [7, 11) is 1.51. The molecule has 6 nitrogen and oxygen atoms in total. The topological polar surface area (TPSA) is 78.9 Å². The van der Waals surface area contributed by atoms with Crippen LogP contribution in [0.15, 0.2) is 18.2 Å². The Morgan fingerprint density at radius 2 is 2.04 bits per heavy atom. The minimum absolute atomic E-state index is 0.219. The number of aliphatic hydroxyl groups is 1. The van der Waals surface area contributed by atoms with Crippen molar-refractivity contribution in [3.63, 3.8) is 0 Å². The van der Waals surface area contributed by atoms with Crippen molar-refractivity contribution in [2.75, 3.05) is 26.8 Å². The quantitative estimate of drug-likeness (QED) is 0.749. The summed E-state index contributed by atoms with van der Waals surface area (Å²) in [4.78, 5) is 26.6. The van der Waals surface area contributed by atoms with Crippen LogP contribution in [-0.4, -0.2) is 60.8 Å². The molecule has 2 rings (SSSR count). The van der Waals surface area contributed by atoms with Gasteiger partial charge in [-0.3, -0.25) is 9.59 Å². The number of nitrogens with one attached hydrogen (secondary N) is 1. The van der Waals surface area contributed by atoms with Gasteiger partial charge in [0, 0.05) is 35.8 Å². The molecule has 1 saturated heterocycles. The third-order valence-electron chi connectivity index (χ3n) is 4.06. The average Bonchev–Trinajstić information content (AvgIpc) is 3.03. The molecule has 0 aliphatic carbocycles. The molecule has 0 spiro atoms. The van der Waals surface area contributed by atoms with Crippen LogP contribution in [0.5, 0.6) is 0 Å². The lowest BCUT2D eigenvalue weighted by molar-refractivity contribution is -0.124. The van der Waals surface area contributed by atoms with Crippen molar-refractivity contribution >= 4 is 35.0 Å². The fourth-order valence-corrected chi connectivity index (χ4v) is 3.41. The van der Waals surface area contributed by atoms with Crippen LogP contribution < -0.4 is 5.32 Å². The molecular formula is C17H22Cl2N2O4. The van der Waals surface area contributed by atoms with E-state index in [1.807, 2.05) is 0 Å². The van der Waals surface area contributed by atoms with Gasteiger partial charge in [0.25, 0.3) is 5.91 Å². The predicted molar refractivity (Wildman–Crippen MR) is 96.0 cm³/mol. The van der Waals surface area contributed by atoms with Gasteiger partial charge >= 0.3 is 0 Å². The number of rotatable bonds is 7. The number of hydrogen-bond acceptors (Lipinski definition) is 4. The van der Waals surface area contributed by atoms with Crippen molar-refractivity contribution < 1.29 is 19.4 Å². The zero-order valence-corrected chi connectivity index (χ0v) is 15.5. The Balaban J connectivity index is 1.96. The van der Waals surface area contributed by atoms with E-state index in [4.69, 9.17) is 27.9 Å². The van der Waals surface area contributed by atoms with E-state index < -0.39 is 12.1 Å². The van der Waals surface area contributed by atoms with E-state index in [-0.39, 0.29) is 18.4 Å². The molecule has 1 heterocycles. The van der Waals surface area contributed by atoms with Gasteiger partial charge in [-0.25, -0.2) is 0 Å². The van der Waals surface area contributed by atoms with E-state index >= 15 is 0 Å². The fraction of sp³-hybridized carbons (Fsp3) is 0.529. The normalized spacial score (nSPS) is 18.2. The minimum atomic E-state index is -0.625. The Labute approximate surface area is 157 Å². The molecule has 1 fully saturated rings. The van der Waals surface area contributed by atoms with E-state index in [2.05, 4.69) is 5.32 Å². The largest absolute Gasteiger partial charge is 0.391 e. The van der Waals surface area contributed by atoms with Gasteiger partial charge in [-0.05, 0) is 37.5 Å². The highest BCUT2D eigenvalue weighted by Crippen LogP contribution is 2.24. The maximum Gasteiger partial charge on any atom is 0.254 e. The highest BCUT2D eigenvalue weighted by molar-refractivity contribution is 6.35. The molecule has 2 N–H and O–H groups in total. The van der Waals surface area contributed by atoms with E-state index in [0.29, 0.717) is 41.5 Å². The molecule has 0 aromatic heterocycles. The number of carbonyl (C=O) groups is 2. The minimum Gasteiger partial charge on any atom is -0.391 e. The number of methoxy groups -OCH3 is 1. The first-order valence-electron chi connectivity index (χ1n) is 8.14. The summed E-state index contributed by atoms with van der Waals surface area (Å²) in [5, 5.41) is 13.1. The highest BCUT2D eigenvalue weighted by Gasteiger charge is 2.34. The lowest BCUT2D eigenvalue weighted by Crippen LogP contribution is -2.46. The van der Waals surface area contributed by atoms with Crippen LogP contribution in [-0.2, 0) is 9.53 Å². The molecule has 8 heteroatoms. The maximum absolute atomic E-state index is 12.7. The van der Waals surface area contributed by atoms with Gasteiger partial charge in [-0.15, -0.1) is 0 Å². The van der Waals surface area contributed by atoms with Crippen molar-refractivity contribution in [3.05, 3.63) is 33.8 Å². The molecule has 0 radical (unpaired) electrons. The Hall–Kier alpha value is -1.34. The number of halogens is 2. The Bertz CT molecular complexity index is 606. The molecule has 0 saturated carbocycles. The number of hydrogen-bond donors (Lipinski definition) is 2. The lowest BCUT2D eigenvalue weighted by Gasteiger charge is -2.24. The zero-order chi connectivity index (χ0) is 18.4. The van der Waals surface area contributed by atoms with Crippen LogP contribution in [0.25, 0.3) is 0 Å². The monoisotopic (exact) mass is 388 g/mol. The van der Waals surface area contributed by atoms with Crippen LogP contribution >= 0.6 is 23.2 Å². The van der Waals surface area contributed by atoms with Crippen molar-refractivity contribution in [1.82, 2.24) is 10.2 Å². The number of aliphatic hydroxyl groups excluding tert-OH is 1. The summed E-state index contributed by atoms with van der Waals surface area (Å²) in [5.41, 5.74) is 0.368. The second-order valence-electron chi connectivity index (χ2n) is 6.00. The molecule has 2 amide bonds. The third kappa shape index (κ3) is 5.57. The molecule has 0 unspecified atom stereocenters. The average molecular weight is 389 g/mol. The highest BCUT2D eigenvalue weighted by atomic mass is 35.5. The van der Waals surface area contributed by atoms with Crippen LogP contribution in [0, 0.1) is 0 Å². The first kappa shape index (κ1) is 20.0. The number of ether oxygens (including phenoxy) is 1. The lowest BCUT2D eigenvalue weighted by atomic mass is 10.1. The zero-order valence-electron chi connectivity index (χ0n) is 14.0. The summed E-state index contributed by atoms with van der Waals surface area (Å²) in [6.45, 7) is 1.05. The van der Waals surface area contributed by atoms with E-state index in [0.717, 1.165) is 6.42 Å². The Kier molecular flexibility index (Phi) is 7.50. The molecule has 1 aliphatic heterocycles. The fourth-order valence-electron chi connectivity index (χ4n) is 2.88. The predicted octanol–water partition coefficient (Wildman–Crippen LogP) is 2.11. The molecule has 1 aromatic rings. The first-order chi connectivity index (χ1) is 11.9. The second-order valence-corrected chi connectivity index (χ2v) is 6.88. The third-order valence-corrected chi connectivity index (χ3v) is 4.50. The van der Waals surface area contributed by atoms with Gasteiger partial charge < -0.3 is 20.1 Å². The van der Waals surface area contributed by atoms with Crippen molar-refractivity contribution in [1.29, 1.82) is 0 Å². The molecule has 138 valence electrons. The first-order valence-corrected chi connectivity index (χ1v) is 8.89. The number of benzene rings is 1. The van der Waals surface area contributed by atoms with Crippen LogP contribution in [0.4, 0.5) is 0 Å². The van der Waals surface area contributed by atoms with Gasteiger partial charge in [0.15, 0.2) is 0 Å². The number of carbonyl (C=O) groups excluding carboxylic acids is 2. The van der Waals surface area contributed by atoms with Gasteiger partial charge in [-0.2, -0.15) is 0 Å². The van der Waals surface area contributed by atoms with E-state index in [1.54, 1.807) is 23.1 Å². The SMILES string of the molecule is COC[C@H](O)CCNC(=O)[C@H]1CCCN1C(=O)c1cc(Cl)cc(Cl)c1. The van der Waals surface area contributed by atoms with Gasteiger partial charge in [0.1, 0.15) is 6.04 Å². The molecule has 0 bridgehead atoms. The number of amides is 2. The summed E-state index contributed by atoms with van der Waals surface area (Å²) in [6, 6.07) is 4.12. The van der Waals surface area contributed by atoms with E-state index in [9.17, 15) is 14.7 Å². The van der Waals surface area contributed by atoms with Crippen molar-refractivity contribution in [2.45, 2.75) is 31.4 Å². The van der Waals surface area contributed by atoms with Gasteiger partial charge in [0.05, 0.1) is 12.7 Å². The molecule has 25 heavy (non-hydrogen) atoms. The standard InChI is InChI=1S/C17H22Cl2N2O4/c1-25-10-14(22)4-5-20-16(23)15-3-2-6-21(15)17(24)11-7-12(18)9-13(19)8-11/h7-9,14-15,22H,2-6,10H2,1H3,(H,20,23)/t14-,15-/m1/s1. The van der Waals surface area contributed by atoms with Gasteiger partial charge in [-0.1, -0.05) is 23.2 Å². The molecule has 1 aliphatic rings. The van der Waals surface area contributed by atoms with Gasteiger partial charge in [0.2, 0.25) is 5.91 Å². The van der Waals surface area contributed by atoms with Crippen LogP contribution in [0.1, 0.15) is 29.6 Å². The van der Waals surface area contributed by atoms with Crippen molar-refractivity contribution in [2.24, 2.45) is 0 Å². The van der Waals surface area contributed by atoms with E-state index in [1.165, 1.54) is 7.11 Å². The Morgan fingerprint density at radius 3 is 2.68 bits per heavy atom. The van der Waals surface area contributed by atoms with Crippen LogP contribution in [0.3, 0.4) is 0 Å². The number of nitrogens with zero attached hydrogens (tertiary/aromatic N) is 1. The summed E-state index contributed by atoms with van der Waals surface area (Å²) in [5.74, 6) is -0.481. The summed E-state index contributed by atoms with van der Waals surface area (Å²) >= 11 is 11.9. The summed E-state index contributed by atoms with van der Waals surface area (Å²) < 4.78 is 4.84. The van der Waals surface area contributed by atoms with Crippen molar-refractivity contribution in [3.8, 4) is 0 Å². The maximum atomic E-state index is 12.7.